The van der Waals surface area contributed by atoms with Gasteiger partial charge in [0.15, 0.2) is 5.82 Å². The number of amides is 2. The number of likely N-dealkylation sites (tertiary alicyclic amines) is 1. The van der Waals surface area contributed by atoms with Gasteiger partial charge in [-0.25, -0.2) is 14.5 Å². The van der Waals surface area contributed by atoms with E-state index >= 15 is 0 Å². The summed E-state index contributed by atoms with van der Waals surface area (Å²) >= 11 is 0. The van der Waals surface area contributed by atoms with E-state index < -0.39 is 11.7 Å². The number of aromatic nitrogens is 3. The van der Waals surface area contributed by atoms with Crippen LogP contribution in [0.15, 0.2) is 36.8 Å². The molecule has 0 bridgehead atoms. The van der Waals surface area contributed by atoms with E-state index in [2.05, 4.69) is 15.4 Å². The molecule has 1 N–H and O–H groups in total. The van der Waals surface area contributed by atoms with Gasteiger partial charge >= 0.3 is 6.09 Å². The van der Waals surface area contributed by atoms with Gasteiger partial charge in [-0.15, -0.1) is 0 Å². The molecule has 156 valence electrons. The Hall–Kier alpha value is -2.90. The second-order valence-electron chi connectivity index (χ2n) is 9.03. The zero-order valence-electron chi connectivity index (χ0n) is 17.7. The number of nitrogens with zero attached hydrogens (tertiary/aromatic N) is 4. The van der Waals surface area contributed by atoms with Crippen LogP contribution in [0.3, 0.4) is 0 Å². The summed E-state index contributed by atoms with van der Waals surface area (Å²) in [4.78, 5) is 31.6. The number of alkyl carbamates (subject to hydrolysis) is 1. The zero-order chi connectivity index (χ0) is 21.2. The first-order valence-electron chi connectivity index (χ1n) is 9.81. The lowest BCUT2D eigenvalue weighted by Gasteiger charge is -2.44. The lowest BCUT2D eigenvalue weighted by molar-refractivity contribution is 0.0305. The Bertz CT molecular complexity index is 871. The van der Waals surface area contributed by atoms with Crippen molar-refractivity contribution in [2.24, 2.45) is 5.41 Å². The maximum atomic E-state index is 13.3. The van der Waals surface area contributed by atoms with Gasteiger partial charge in [0.1, 0.15) is 5.60 Å². The molecule has 8 nitrogen and oxygen atoms in total. The molecule has 0 radical (unpaired) electrons. The van der Waals surface area contributed by atoms with Gasteiger partial charge in [-0.3, -0.25) is 4.79 Å². The molecule has 0 aliphatic carbocycles. The van der Waals surface area contributed by atoms with Gasteiger partial charge in [-0.2, -0.15) is 5.10 Å². The van der Waals surface area contributed by atoms with Crippen molar-refractivity contribution in [2.45, 2.75) is 52.7 Å². The first-order chi connectivity index (χ1) is 13.6. The van der Waals surface area contributed by atoms with E-state index in [1.54, 1.807) is 41.5 Å². The van der Waals surface area contributed by atoms with Crippen molar-refractivity contribution in [3.05, 3.63) is 42.4 Å². The highest BCUT2D eigenvalue weighted by atomic mass is 16.6. The largest absolute Gasteiger partial charge is 0.444 e. The molecule has 1 fully saturated rings. The van der Waals surface area contributed by atoms with E-state index in [1.165, 1.54) is 0 Å². The SMILES string of the molecule is CC(C)(C)OC(=O)N[C@@H]1CCN(C(=O)c2cccnc2-n2cccn2)CC1(C)C. The second-order valence-corrected chi connectivity index (χ2v) is 9.03. The van der Waals surface area contributed by atoms with E-state index in [4.69, 9.17) is 4.74 Å². The van der Waals surface area contributed by atoms with Crippen molar-refractivity contribution in [1.82, 2.24) is 25.0 Å². The first-order valence-corrected chi connectivity index (χ1v) is 9.81. The summed E-state index contributed by atoms with van der Waals surface area (Å²) in [6.45, 7) is 10.7. The van der Waals surface area contributed by atoms with Gasteiger partial charge in [0.05, 0.1) is 5.56 Å². The quantitative estimate of drug-likeness (QED) is 0.857. The van der Waals surface area contributed by atoms with Gasteiger partial charge in [-0.05, 0) is 45.4 Å². The Kier molecular flexibility index (Phi) is 5.64. The number of piperidine rings is 1. The Morgan fingerprint density at radius 3 is 2.62 bits per heavy atom. The number of carbonyl (C=O) groups is 2. The molecule has 1 aliphatic rings. The lowest BCUT2D eigenvalue weighted by atomic mass is 9.79. The average molecular weight is 399 g/mol. The molecule has 3 heterocycles. The molecule has 1 saturated heterocycles. The highest BCUT2D eigenvalue weighted by Gasteiger charge is 2.39. The molecule has 1 atom stereocenters. The fourth-order valence-electron chi connectivity index (χ4n) is 3.56. The number of carbonyl (C=O) groups excluding carboxylic acids is 2. The topological polar surface area (TPSA) is 89.4 Å². The fraction of sp³-hybridized carbons (Fsp3) is 0.524. The molecular formula is C21H29N5O3. The minimum atomic E-state index is -0.548. The number of pyridine rings is 1. The van der Waals surface area contributed by atoms with Gasteiger partial charge in [0.25, 0.3) is 5.91 Å². The van der Waals surface area contributed by atoms with E-state index in [0.29, 0.717) is 30.9 Å². The number of ether oxygens (including phenoxy) is 1. The van der Waals surface area contributed by atoms with Gasteiger partial charge in [-0.1, -0.05) is 13.8 Å². The summed E-state index contributed by atoms with van der Waals surface area (Å²) in [6.07, 6.45) is 5.29. The highest BCUT2D eigenvalue weighted by molar-refractivity contribution is 5.97. The Balaban J connectivity index is 1.72. The third kappa shape index (κ3) is 4.93. The molecule has 0 unspecified atom stereocenters. The van der Waals surface area contributed by atoms with Crippen molar-refractivity contribution < 1.29 is 14.3 Å². The third-order valence-corrected chi connectivity index (χ3v) is 4.95. The van der Waals surface area contributed by atoms with E-state index in [1.807, 2.05) is 39.5 Å². The van der Waals surface area contributed by atoms with Gasteiger partial charge in [0, 0.05) is 43.1 Å². The molecular weight excluding hydrogens is 370 g/mol. The Morgan fingerprint density at radius 2 is 2.00 bits per heavy atom. The number of nitrogens with one attached hydrogen (secondary N) is 1. The molecule has 2 aromatic heterocycles. The third-order valence-electron chi connectivity index (χ3n) is 4.95. The summed E-state index contributed by atoms with van der Waals surface area (Å²) in [7, 11) is 0. The normalized spacial score (nSPS) is 18.9. The van der Waals surface area contributed by atoms with Crippen LogP contribution in [0.1, 0.15) is 51.4 Å². The zero-order valence-corrected chi connectivity index (χ0v) is 17.7. The van der Waals surface area contributed by atoms with Crippen molar-refractivity contribution >= 4 is 12.0 Å². The Morgan fingerprint density at radius 1 is 1.24 bits per heavy atom. The highest BCUT2D eigenvalue weighted by Crippen LogP contribution is 2.31. The monoisotopic (exact) mass is 399 g/mol. The van der Waals surface area contributed by atoms with E-state index in [-0.39, 0.29) is 17.4 Å². The van der Waals surface area contributed by atoms with Crippen molar-refractivity contribution in [3.8, 4) is 5.82 Å². The maximum absolute atomic E-state index is 13.3. The van der Waals surface area contributed by atoms with Gasteiger partial charge in [0.2, 0.25) is 0 Å². The van der Waals surface area contributed by atoms with E-state index in [9.17, 15) is 9.59 Å². The van der Waals surface area contributed by atoms with Crippen LogP contribution in [-0.2, 0) is 4.74 Å². The van der Waals surface area contributed by atoms with E-state index in [0.717, 1.165) is 0 Å². The lowest BCUT2D eigenvalue weighted by Crippen LogP contribution is -2.57. The number of hydrogen-bond acceptors (Lipinski definition) is 5. The molecule has 8 heteroatoms. The molecule has 2 aromatic rings. The predicted molar refractivity (Wildman–Crippen MR) is 109 cm³/mol. The summed E-state index contributed by atoms with van der Waals surface area (Å²) in [5, 5.41) is 7.17. The molecule has 0 aromatic carbocycles. The van der Waals surface area contributed by atoms with Crippen molar-refractivity contribution in [3.63, 3.8) is 0 Å². The fourth-order valence-corrected chi connectivity index (χ4v) is 3.56. The Labute approximate surface area is 171 Å². The molecule has 0 spiro atoms. The van der Waals surface area contributed by atoms with Gasteiger partial charge < -0.3 is 15.0 Å². The molecule has 2 amide bonds. The minimum absolute atomic E-state index is 0.0825. The van der Waals surface area contributed by atoms with Crippen LogP contribution < -0.4 is 5.32 Å². The molecule has 1 aliphatic heterocycles. The summed E-state index contributed by atoms with van der Waals surface area (Å²) < 4.78 is 6.98. The van der Waals surface area contributed by atoms with Crippen LogP contribution in [0.4, 0.5) is 4.79 Å². The summed E-state index contributed by atoms with van der Waals surface area (Å²) in [5.41, 5.74) is -0.349. The van der Waals surface area contributed by atoms with Crippen LogP contribution >= 0.6 is 0 Å². The van der Waals surface area contributed by atoms with Crippen LogP contribution in [0.2, 0.25) is 0 Å². The van der Waals surface area contributed by atoms with Crippen molar-refractivity contribution in [2.75, 3.05) is 13.1 Å². The minimum Gasteiger partial charge on any atom is -0.444 e. The molecule has 29 heavy (non-hydrogen) atoms. The summed E-state index contributed by atoms with van der Waals surface area (Å²) in [5.74, 6) is 0.418. The number of rotatable bonds is 3. The molecule has 0 saturated carbocycles. The van der Waals surface area contributed by atoms with Crippen LogP contribution in [0, 0.1) is 5.41 Å². The second kappa shape index (κ2) is 7.85. The molecule has 3 rings (SSSR count). The van der Waals surface area contributed by atoms with Crippen LogP contribution in [0.25, 0.3) is 5.82 Å². The maximum Gasteiger partial charge on any atom is 0.407 e. The smallest absolute Gasteiger partial charge is 0.407 e. The standard InChI is InChI=1S/C21H29N5O3/c1-20(2,3)29-19(28)24-16-9-13-25(14-21(16,4)5)18(27)15-8-6-10-22-17(15)26-12-7-11-23-26/h6-8,10-12,16H,9,13-14H2,1-5H3,(H,24,28)/t16-/m1/s1. The first kappa shape index (κ1) is 20.8. The number of hydrogen-bond donors (Lipinski definition) is 1. The predicted octanol–water partition coefficient (Wildman–Crippen LogP) is 3.03. The van der Waals surface area contributed by atoms with Crippen LogP contribution in [0.5, 0.6) is 0 Å². The summed E-state index contributed by atoms with van der Waals surface area (Å²) in [6, 6.07) is 5.23. The van der Waals surface area contributed by atoms with Crippen LogP contribution in [-0.4, -0.2) is 56.4 Å². The van der Waals surface area contributed by atoms with Crippen molar-refractivity contribution in [1.29, 1.82) is 0 Å². The average Bonchev–Trinajstić information content (AvgIpc) is 3.15.